The van der Waals surface area contributed by atoms with Crippen molar-refractivity contribution in [2.24, 2.45) is 11.7 Å². The third-order valence-corrected chi connectivity index (χ3v) is 3.84. The molecule has 0 aromatic carbocycles. The van der Waals surface area contributed by atoms with Crippen molar-refractivity contribution in [2.75, 3.05) is 33.0 Å². The van der Waals surface area contributed by atoms with Gasteiger partial charge in [0.15, 0.2) is 0 Å². The Morgan fingerprint density at radius 3 is 2.95 bits per heavy atom. The molecule has 0 amide bonds. The first-order valence-electron chi connectivity index (χ1n) is 6.87. The Balaban J connectivity index is 1.66. The molecular formula is C13H21N3O3. The Hall–Kier alpha value is -0.950. The molecule has 6 heteroatoms. The molecule has 0 aliphatic carbocycles. The molecule has 2 aliphatic rings. The first-order valence-corrected chi connectivity index (χ1v) is 6.87. The van der Waals surface area contributed by atoms with Gasteiger partial charge in [-0.1, -0.05) is 0 Å². The minimum absolute atomic E-state index is 0.0190. The average Bonchev–Trinajstić information content (AvgIpc) is 3.10. The van der Waals surface area contributed by atoms with Crippen LogP contribution in [-0.4, -0.2) is 48.7 Å². The summed E-state index contributed by atoms with van der Waals surface area (Å²) < 4.78 is 18.6. The van der Waals surface area contributed by atoms with Crippen molar-refractivity contribution in [3.05, 3.63) is 18.2 Å². The zero-order chi connectivity index (χ0) is 13.1. The number of nitrogens with zero attached hydrogens (tertiary/aromatic N) is 2. The fourth-order valence-electron chi connectivity index (χ4n) is 2.70. The number of nitrogens with two attached hydrogens (primary N) is 1. The lowest BCUT2D eigenvalue weighted by Gasteiger charge is -2.25. The van der Waals surface area contributed by atoms with Crippen molar-refractivity contribution in [3.8, 4) is 0 Å². The van der Waals surface area contributed by atoms with E-state index in [-0.39, 0.29) is 12.1 Å². The maximum Gasteiger partial charge on any atom is 0.0988 e. The van der Waals surface area contributed by atoms with Crippen LogP contribution >= 0.6 is 0 Å². The van der Waals surface area contributed by atoms with Crippen molar-refractivity contribution in [1.29, 1.82) is 0 Å². The molecule has 1 aromatic rings. The van der Waals surface area contributed by atoms with Gasteiger partial charge in [0.05, 0.1) is 57.1 Å². The van der Waals surface area contributed by atoms with Gasteiger partial charge in [0, 0.05) is 18.7 Å². The van der Waals surface area contributed by atoms with Crippen LogP contribution in [0.5, 0.6) is 0 Å². The first kappa shape index (κ1) is 13.1. The van der Waals surface area contributed by atoms with Crippen molar-refractivity contribution in [3.63, 3.8) is 0 Å². The van der Waals surface area contributed by atoms with E-state index in [1.165, 1.54) is 0 Å². The number of hydrogen-bond donors (Lipinski definition) is 1. The molecule has 106 valence electrons. The normalized spacial score (nSPS) is 29.5. The van der Waals surface area contributed by atoms with E-state index in [9.17, 15) is 0 Å². The number of ether oxygens (including phenoxy) is 3. The van der Waals surface area contributed by atoms with Crippen LogP contribution in [0.25, 0.3) is 0 Å². The molecule has 0 saturated carbocycles. The van der Waals surface area contributed by atoms with E-state index in [1.807, 2.05) is 12.5 Å². The highest BCUT2D eigenvalue weighted by atomic mass is 16.6. The molecular weight excluding hydrogens is 246 g/mol. The molecule has 3 rings (SSSR count). The van der Waals surface area contributed by atoms with E-state index < -0.39 is 0 Å². The highest BCUT2D eigenvalue weighted by Crippen LogP contribution is 2.26. The third kappa shape index (κ3) is 2.97. The summed E-state index contributed by atoms with van der Waals surface area (Å²) >= 11 is 0. The Kier molecular flexibility index (Phi) is 4.12. The van der Waals surface area contributed by atoms with Crippen LogP contribution in [0.2, 0.25) is 0 Å². The van der Waals surface area contributed by atoms with Crippen LogP contribution in [0, 0.1) is 5.92 Å². The SMILES string of the molecule is NC(c1cncn1CC1COCCO1)C1CCOC1. The zero-order valence-corrected chi connectivity index (χ0v) is 11.0. The molecule has 19 heavy (non-hydrogen) atoms. The molecule has 3 atom stereocenters. The summed E-state index contributed by atoms with van der Waals surface area (Å²) in [6, 6.07) is -0.0190. The number of imidazole rings is 1. The summed E-state index contributed by atoms with van der Waals surface area (Å²) in [5.41, 5.74) is 7.40. The fraction of sp³-hybridized carbons (Fsp3) is 0.769. The van der Waals surface area contributed by atoms with Gasteiger partial charge in [-0.25, -0.2) is 4.98 Å². The largest absolute Gasteiger partial charge is 0.381 e. The number of hydrogen-bond acceptors (Lipinski definition) is 5. The second kappa shape index (κ2) is 6.00. The molecule has 0 spiro atoms. The van der Waals surface area contributed by atoms with Gasteiger partial charge in [-0.2, -0.15) is 0 Å². The van der Waals surface area contributed by atoms with E-state index in [2.05, 4.69) is 9.55 Å². The smallest absolute Gasteiger partial charge is 0.0988 e. The highest BCUT2D eigenvalue weighted by Gasteiger charge is 2.27. The Morgan fingerprint density at radius 1 is 1.32 bits per heavy atom. The Bertz CT molecular complexity index is 398. The van der Waals surface area contributed by atoms with Gasteiger partial charge >= 0.3 is 0 Å². The predicted molar refractivity (Wildman–Crippen MR) is 68.6 cm³/mol. The van der Waals surface area contributed by atoms with Crippen LogP contribution in [0.3, 0.4) is 0 Å². The first-order chi connectivity index (χ1) is 9.34. The fourth-order valence-corrected chi connectivity index (χ4v) is 2.70. The minimum atomic E-state index is -0.0190. The number of rotatable bonds is 4. The lowest BCUT2D eigenvalue weighted by molar-refractivity contribution is -0.0938. The maximum atomic E-state index is 6.34. The van der Waals surface area contributed by atoms with Crippen molar-refractivity contribution in [1.82, 2.24) is 9.55 Å². The monoisotopic (exact) mass is 267 g/mol. The van der Waals surface area contributed by atoms with Crippen LogP contribution in [-0.2, 0) is 20.8 Å². The summed E-state index contributed by atoms with van der Waals surface area (Å²) in [6.45, 7) is 4.29. The molecule has 6 nitrogen and oxygen atoms in total. The van der Waals surface area contributed by atoms with Gasteiger partial charge in [-0.15, -0.1) is 0 Å². The second-order valence-corrected chi connectivity index (χ2v) is 5.19. The number of aromatic nitrogens is 2. The molecule has 0 bridgehead atoms. The van der Waals surface area contributed by atoms with Crippen LogP contribution in [0.4, 0.5) is 0 Å². The molecule has 2 fully saturated rings. The van der Waals surface area contributed by atoms with Gasteiger partial charge in [0.2, 0.25) is 0 Å². The summed E-state index contributed by atoms with van der Waals surface area (Å²) in [7, 11) is 0. The molecule has 3 heterocycles. The van der Waals surface area contributed by atoms with Gasteiger partial charge in [-0.3, -0.25) is 0 Å². The summed E-state index contributed by atoms with van der Waals surface area (Å²) in [6.07, 6.45) is 4.79. The van der Waals surface area contributed by atoms with Crippen LogP contribution in [0.15, 0.2) is 12.5 Å². The Morgan fingerprint density at radius 2 is 2.21 bits per heavy atom. The van der Waals surface area contributed by atoms with E-state index >= 15 is 0 Å². The Labute approximate surface area is 112 Å². The predicted octanol–water partition coefficient (Wildman–Crippen LogP) is 0.335. The summed E-state index contributed by atoms with van der Waals surface area (Å²) in [5.74, 6) is 0.388. The quantitative estimate of drug-likeness (QED) is 0.851. The molecule has 0 radical (unpaired) electrons. The summed E-state index contributed by atoms with van der Waals surface area (Å²) in [5, 5.41) is 0. The summed E-state index contributed by atoms with van der Waals surface area (Å²) in [4.78, 5) is 4.23. The van der Waals surface area contributed by atoms with Gasteiger partial charge < -0.3 is 24.5 Å². The van der Waals surface area contributed by atoms with Gasteiger partial charge in [0.1, 0.15) is 0 Å². The van der Waals surface area contributed by atoms with Crippen molar-refractivity contribution < 1.29 is 14.2 Å². The van der Waals surface area contributed by atoms with E-state index in [0.29, 0.717) is 25.7 Å². The zero-order valence-electron chi connectivity index (χ0n) is 11.0. The second-order valence-electron chi connectivity index (χ2n) is 5.19. The minimum Gasteiger partial charge on any atom is -0.381 e. The molecule has 2 N–H and O–H groups in total. The highest BCUT2D eigenvalue weighted by molar-refractivity contribution is 5.07. The third-order valence-electron chi connectivity index (χ3n) is 3.84. The van der Waals surface area contributed by atoms with E-state index in [4.69, 9.17) is 19.9 Å². The van der Waals surface area contributed by atoms with E-state index in [1.54, 1.807) is 0 Å². The average molecular weight is 267 g/mol. The molecule has 1 aromatic heterocycles. The topological polar surface area (TPSA) is 71.5 Å². The van der Waals surface area contributed by atoms with Crippen molar-refractivity contribution >= 4 is 0 Å². The van der Waals surface area contributed by atoms with Crippen LogP contribution in [0.1, 0.15) is 18.2 Å². The standard InChI is InChI=1S/C13H21N3O3/c14-13(10-1-2-17-7-10)12-5-15-9-16(12)6-11-8-18-3-4-19-11/h5,9-11,13H,1-4,6-8,14H2. The lowest BCUT2D eigenvalue weighted by Crippen LogP contribution is -2.33. The molecule has 3 unspecified atom stereocenters. The lowest BCUT2D eigenvalue weighted by atomic mass is 9.97. The molecule has 2 saturated heterocycles. The van der Waals surface area contributed by atoms with Crippen molar-refractivity contribution in [2.45, 2.75) is 25.1 Å². The van der Waals surface area contributed by atoms with E-state index in [0.717, 1.165) is 31.9 Å². The van der Waals surface area contributed by atoms with Gasteiger partial charge in [0.25, 0.3) is 0 Å². The maximum absolute atomic E-state index is 6.34. The van der Waals surface area contributed by atoms with Gasteiger partial charge in [-0.05, 0) is 6.42 Å². The van der Waals surface area contributed by atoms with Crippen LogP contribution < -0.4 is 5.73 Å². The molecule has 2 aliphatic heterocycles.